The van der Waals surface area contributed by atoms with E-state index in [9.17, 15) is 18.0 Å². The Kier molecular flexibility index (Phi) is 9.76. The fourth-order valence-electron chi connectivity index (χ4n) is 3.41. The van der Waals surface area contributed by atoms with E-state index in [0.717, 1.165) is 28.1 Å². The Morgan fingerprint density at radius 1 is 1.18 bits per heavy atom. The molecule has 0 aromatic heterocycles. The number of carbonyl (C=O) groups is 2. The molecule has 0 saturated carbocycles. The predicted octanol–water partition coefficient (Wildman–Crippen LogP) is 3.37. The van der Waals surface area contributed by atoms with Gasteiger partial charge in [0.15, 0.2) is 0 Å². The van der Waals surface area contributed by atoms with Crippen molar-refractivity contribution in [3.63, 3.8) is 0 Å². The third-order valence-electron chi connectivity index (χ3n) is 5.25. The van der Waals surface area contributed by atoms with Crippen LogP contribution in [0.4, 0.5) is 5.69 Å². The molecule has 1 N–H and O–H groups in total. The van der Waals surface area contributed by atoms with Gasteiger partial charge in [-0.15, -0.1) is 0 Å². The van der Waals surface area contributed by atoms with Crippen LogP contribution in [0.25, 0.3) is 0 Å². The van der Waals surface area contributed by atoms with E-state index in [4.69, 9.17) is 16.3 Å². The summed E-state index contributed by atoms with van der Waals surface area (Å²) >= 11 is 6.19. The number of amides is 2. The van der Waals surface area contributed by atoms with Crippen molar-refractivity contribution in [1.29, 1.82) is 0 Å². The van der Waals surface area contributed by atoms with Crippen molar-refractivity contribution >= 4 is 39.1 Å². The van der Waals surface area contributed by atoms with Gasteiger partial charge in [-0.25, -0.2) is 8.42 Å². The van der Waals surface area contributed by atoms with Crippen LogP contribution in [-0.4, -0.2) is 57.6 Å². The monoisotopic (exact) mass is 509 g/mol. The lowest BCUT2D eigenvalue weighted by Crippen LogP contribution is -2.51. The van der Waals surface area contributed by atoms with Crippen LogP contribution in [0.2, 0.25) is 5.02 Å². The van der Waals surface area contributed by atoms with E-state index in [1.54, 1.807) is 6.92 Å². The highest BCUT2D eigenvalue weighted by Gasteiger charge is 2.30. The Labute approximate surface area is 206 Å². The minimum atomic E-state index is -3.84. The first-order valence-corrected chi connectivity index (χ1v) is 13.1. The summed E-state index contributed by atoms with van der Waals surface area (Å²) in [5.41, 5.74) is 2.07. The number of benzene rings is 2. The Morgan fingerprint density at radius 3 is 2.44 bits per heavy atom. The SMILES string of the molecule is CCCNC(=O)C(C)N(Cc1cccc(C)c1)C(=O)CN(c1ccc(OC)c(Cl)c1)S(C)(=O)=O. The zero-order valence-electron chi connectivity index (χ0n) is 20.2. The molecule has 0 fully saturated rings. The highest BCUT2D eigenvalue weighted by molar-refractivity contribution is 7.92. The van der Waals surface area contributed by atoms with Gasteiger partial charge in [-0.2, -0.15) is 0 Å². The summed E-state index contributed by atoms with van der Waals surface area (Å²) in [4.78, 5) is 27.6. The lowest BCUT2D eigenvalue weighted by molar-refractivity contribution is -0.139. The van der Waals surface area contributed by atoms with E-state index in [1.807, 2.05) is 38.1 Å². The number of methoxy groups -OCH3 is 1. The maximum Gasteiger partial charge on any atom is 0.244 e. The number of rotatable bonds is 11. The van der Waals surface area contributed by atoms with E-state index >= 15 is 0 Å². The third kappa shape index (κ3) is 7.36. The quantitative estimate of drug-likeness (QED) is 0.501. The molecule has 2 aromatic rings. The largest absolute Gasteiger partial charge is 0.495 e. The van der Waals surface area contributed by atoms with Gasteiger partial charge in [-0.1, -0.05) is 48.4 Å². The number of ether oxygens (including phenoxy) is 1. The molecule has 2 amide bonds. The summed E-state index contributed by atoms with van der Waals surface area (Å²) in [6.45, 7) is 5.65. The minimum Gasteiger partial charge on any atom is -0.495 e. The molecular formula is C24H32ClN3O5S. The molecule has 2 rings (SSSR count). The first-order chi connectivity index (χ1) is 16.0. The average molecular weight is 510 g/mol. The Bertz CT molecular complexity index is 1120. The van der Waals surface area contributed by atoms with Crippen LogP contribution in [0.5, 0.6) is 5.75 Å². The molecule has 10 heteroatoms. The molecule has 0 bridgehead atoms. The fraction of sp³-hybridized carbons (Fsp3) is 0.417. The van der Waals surface area contributed by atoms with Crippen molar-refractivity contribution < 1.29 is 22.7 Å². The molecule has 1 atom stereocenters. The van der Waals surface area contributed by atoms with Crippen molar-refractivity contribution in [1.82, 2.24) is 10.2 Å². The zero-order chi connectivity index (χ0) is 25.5. The number of halogens is 1. The van der Waals surface area contributed by atoms with Gasteiger partial charge in [0.2, 0.25) is 21.8 Å². The molecule has 1 unspecified atom stereocenters. The maximum absolute atomic E-state index is 13.5. The van der Waals surface area contributed by atoms with Crippen molar-refractivity contribution in [2.75, 3.05) is 30.8 Å². The molecule has 0 aliphatic carbocycles. The molecule has 186 valence electrons. The summed E-state index contributed by atoms with van der Waals surface area (Å²) in [6, 6.07) is 11.3. The second kappa shape index (κ2) is 12.1. The Hall–Kier alpha value is -2.78. The Morgan fingerprint density at radius 2 is 1.88 bits per heavy atom. The van der Waals surface area contributed by atoms with Gasteiger partial charge in [0.05, 0.1) is 24.1 Å². The van der Waals surface area contributed by atoms with E-state index in [0.29, 0.717) is 12.3 Å². The second-order valence-corrected chi connectivity index (χ2v) is 10.4. The van der Waals surface area contributed by atoms with Gasteiger partial charge in [0.1, 0.15) is 18.3 Å². The summed E-state index contributed by atoms with van der Waals surface area (Å²) in [6.07, 6.45) is 1.77. The van der Waals surface area contributed by atoms with Gasteiger partial charge < -0.3 is 15.0 Å². The van der Waals surface area contributed by atoms with E-state index in [1.165, 1.54) is 30.2 Å². The number of hydrogen-bond acceptors (Lipinski definition) is 5. The fourth-order valence-corrected chi connectivity index (χ4v) is 4.50. The smallest absolute Gasteiger partial charge is 0.244 e. The van der Waals surface area contributed by atoms with Crippen molar-refractivity contribution in [2.24, 2.45) is 0 Å². The number of anilines is 1. The van der Waals surface area contributed by atoms with Crippen molar-refractivity contribution in [2.45, 2.75) is 39.8 Å². The summed E-state index contributed by atoms with van der Waals surface area (Å²) < 4.78 is 31.3. The normalized spacial score (nSPS) is 12.1. The number of sulfonamides is 1. The zero-order valence-corrected chi connectivity index (χ0v) is 21.7. The molecular weight excluding hydrogens is 478 g/mol. The van der Waals surface area contributed by atoms with Crippen LogP contribution in [0.1, 0.15) is 31.4 Å². The number of nitrogens with one attached hydrogen (secondary N) is 1. The molecule has 8 nitrogen and oxygen atoms in total. The Balaban J connectivity index is 2.40. The summed E-state index contributed by atoms with van der Waals surface area (Å²) in [5, 5.41) is 3.02. The van der Waals surface area contributed by atoms with Crippen LogP contribution >= 0.6 is 11.6 Å². The molecule has 0 aliphatic heterocycles. The van der Waals surface area contributed by atoms with Gasteiger partial charge in [-0.05, 0) is 44.0 Å². The first kappa shape index (κ1) is 27.5. The van der Waals surface area contributed by atoms with Crippen LogP contribution in [0.15, 0.2) is 42.5 Å². The molecule has 34 heavy (non-hydrogen) atoms. The molecule has 0 spiro atoms. The first-order valence-electron chi connectivity index (χ1n) is 10.9. The average Bonchev–Trinajstić information content (AvgIpc) is 2.78. The number of hydrogen-bond donors (Lipinski definition) is 1. The molecule has 0 aliphatic rings. The number of nitrogens with zero attached hydrogens (tertiary/aromatic N) is 2. The van der Waals surface area contributed by atoms with Crippen LogP contribution in [-0.2, 0) is 26.2 Å². The predicted molar refractivity (Wildman–Crippen MR) is 135 cm³/mol. The molecule has 0 saturated heterocycles. The lowest BCUT2D eigenvalue weighted by Gasteiger charge is -2.31. The van der Waals surface area contributed by atoms with E-state index < -0.39 is 28.5 Å². The topological polar surface area (TPSA) is 96.0 Å². The molecule has 0 radical (unpaired) electrons. The maximum atomic E-state index is 13.5. The van der Waals surface area contributed by atoms with Crippen molar-refractivity contribution in [3.8, 4) is 5.75 Å². The molecule has 0 heterocycles. The van der Waals surface area contributed by atoms with Crippen LogP contribution < -0.4 is 14.4 Å². The van der Waals surface area contributed by atoms with E-state index in [2.05, 4.69) is 5.32 Å². The highest BCUT2D eigenvalue weighted by Crippen LogP contribution is 2.30. The van der Waals surface area contributed by atoms with Crippen LogP contribution in [0.3, 0.4) is 0 Å². The highest BCUT2D eigenvalue weighted by atomic mass is 35.5. The van der Waals surface area contributed by atoms with E-state index in [-0.39, 0.29) is 23.2 Å². The van der Waals surface area contributed by atoms with Crippen molar-refractivity contribution in [3.05, 3.63) is 58.6 Å². The molecule has 2 aromatic carbocycles. The third-order valence-corrected chi connectivity index (χ3v) is 6.69. The standard InChI is InChI=1S/C24H32ClN3O5S/c1-6-12-26-24(30)18(3)27(15-19-9-7-8-17(2)13-19)23(29)16-28(34(5,31)32)20-10-11-22(33-4)21(25)14-20/h7-11,13-14,18H,6,12,15-16H2,1-5H3,(H,26,30). The second-order valence-electron chi connectivity index (χ2n) is 8.07. The van der Waals surface area contributed by atoms with Gasteiger partial charge in [0.25, 0.3) is 0 Å². The van der Waals surface area contributed by atoms with Gasteiger partial charge in [-0.3, -0.25) is 13.9 Å². The van der Waals surface area contributed by atoms with Gasteiger partial charge >= 0.3 is 0 Å². The van der Waals surface area contributed by atoms with Crippen LogP contribution in [0, 0.1) is 6.92 Å². The number of aryl methyl sites for hydroxylation is 1. The summed E-state index contributed by atoms with van der Waals surface area (Å²) in [7, 11) is -2.39. The minimum absolute atomic E-state index is 0.155. The lowest BCUT2D eigenvalue weighted by atomic mass is 10.1. The van der Waals surface area contributed by atoms with Gasteiger partial charge in [0, 0.05) is 13.1 Å². The number of carbonyl (C=O) groups excluding carboxylic acids is 2. The summed E-state index contributed by atoms with van der Waals surface area (Å²) in [5.74, 6) is -0.438.